The molecule has 252 valence electrons. The van der Waals surface area contributed by atoms with Gasteiger partial charge in [0.15, 0.2) is 6.23 Å². The molecule has 0 amide bonds. The topological polar surface area (TPSA) is 24.5 Å². The third kappa shape index (κ3) is 5.70. The van der Waals surface area contributed by atoms with Crippen molar-refractivity contribution in [2.45, 2.75) is 6.23 Å². The molecule has 1 aliphatic rings. The number of benzene rings is 8. The summed E-state index contributed by atoms with van der Waals surface area (Å²) in [6, 6.07) is 69.3. The Labute approximate surface area is 313 Å². The average Bonchev–Trinajstić information content (AvgIpc) is 3.82. The Kier molecular flexibility index (Phi) is 7.74. The third-order valence-electron chi connectivity index (χ3n) is 10.1. The summed E-state index contributed by atoms with van der Waals surface area (Å²) in [5.41, 5.74) is 12.7. The quantitative estimate of drug-likeness (QED) is 0.179. The predicted octanol–water partition coefficient (Wildman–Crippen LogP) is 14.0. The van der Waals surface area contributed by atoms with Crippen LogP contribution < -0.4 is 15.0 Å². The van der Waals surface area contributed by atoms with Crippen molar-refractivity contribution in [2.75, 3.05) is 10.2 Å². The van der Waals surface area contributed by atoms with Crippen molar-refractivity contribution < 1.29 is 4.74 Å². The summed E-state index contributed by atoms with van der Waals surface area (Å²) in [5, 5.41) is 6.06. The summed E-state index contributed by atoms with van der Waals surface area (Å²) in [5.74, 6) is 0.892. The van der Waals surface area contributed by atoms with E-state index in [0.717, 1.165) is 34.1 Å². The molecule has 10 rings (SSSR count). The average molecular weight is 699 g/mol. The van der Waals surface area contributed by atoms with Gasteiger partial charge in [-0.25, -0.2) is 0 Å². The highest BCUT2D eigenvalue weighted by Gasteiger charge is 2.25. The molecule has 0 spiro atoms. The zero-order valence-corrected chi connectivity index (χ0v) is 29.6. The first-order valence-electron chi connectivity index (χ1n) is 17.9. The Bertz CT molecular complexity index is 2710. The maximum Gasteiger partial charge on any atom is 0.196 e. The second kappa shape index (κ2) is 13.2. The van der Waals surface area contributed by atoms with Gasteiger partial charge in [0.25, 0.3) is 0 Å². The van der Waals surface area contributed by atoms with E-state index in [1.54, 1.807) is 0 Å². The Balaban J connectivity index is 1.09. The first kappa shape index (κ1) is 31.1. The molecule has 3 nitrogen and oxygen atoms in total. The summed E-state index contributed by atoms with van der Waals surface area (Å²) in [4.78, 5) is 2.35. The first-order chi connectivity index (χ1) is 26.3. The number of fused-ring (bicyclic) bond motifs is 4. The van der Waals surface area contributed by atoms with Crippen LogP contribution in [0.2, 0.25) is 0 Å². The van der Waals surface area contributed by atoms with Gasteiger partial charge in [0.05, 0.1) is 5.69 Å². The van der Waals surface area contributed by atoms with Crippen molar-refractivity contribution in [3.63, 3.8) is 0 Å². The molecule has 1 aliphatic heterocycles. The Morgan fingerprint density at radius 1 is 0.453 bits per heavy atom. The highest BCUT2D eigenvalue weighted by Crippen LogP contribution is 2.49. The van der Waals surface area contributed by atoms with Gasteiger partial charge in [0.1, 0.15) is 5.75 Å². The van der Waals surface area contributed by atoms with E-state index < -0.39 is 0 Å². The number of hydrogen-bond donors (Lipinski definition) is 1. The van der Waals surface area contributed by atoms with Gasteiger partial charge in [-0.2, -0.15) is 0 Å². The molecule has 4 heteroatoms. The van der Waals surface area contributed by atoms with Gasteiger partial charge in [-0.1, -0.05) is 146 Å². The van der Waals surface area contributed by atoms with Gasteiger partial charge >= 0.3 is 0 Å². The highest BCUT2D eigenvalue weighted by atomic mass is 32.1. The summed E-state index contributed by atoms with van der Waals surface area (Å²) < 4.78 is 8.95. The second-order valence-electron chi connectivity index (χ2n) is 13.4. The largest absolute Gasteiger partial charge is 0.464 e. The van der Waals surface area contributed by atoms with Crippen molar-refractivity contribution in [2.24, 2.45) is 0 Å². The van der Waals surface area contributed by atoms with E-state index in [-0.39, 0.29) is 6.23 Å². The minimum absolute atomic E-state index is 0.186. The van der Waals surface area contributed by atoms with Crippen LogP contribution in [-0.2, 0) is 0 Å². The van der Waals surface area contributed by atoms with Gasteiger partial charge in [0.2, 0.25) is 0 Å². The van der Waals surface area contributed by atoms with Crippen LogP contribution in [0.1, 0.15) is 11.8 Å². The van der Waals surface area contributed by atoms with E-state index in [2.05, 4.69) is 198 Å². The monoisotopic (exact) mass is 698 g/mol. The molecular formula is C49H34N2OS. The zero-order chi connectivity index (χ0) is 35.1. The Hall–Kier alpha value is -6.62. The van der Waals surface area contributed by atoms with E-state index in [1.165, 1.54) is 53.6 Å². The fraction of sp³-hybridized carbons (Fsp3) is 0.0204. The van der Waals surface area contributed by atoms with Gasteiger partial charge in [0, 0.05) is 48.4 Å². The van der Waals surface area contributed by atoms with Crippen molar-refractivity contribution in [1.82, 2.24) is 0 Å². The van der Waals surface area contributed by atoms with Crippen LogP contribution in [0.25, 0.3) is 53.6 Å². The molecule has 0 saturated heterocycles. The number of nitrogens with zero attached hydrogens (tertiary/aromatic N) is 1. The summed E-state index contributed by atoms with van der Waals surface area (Å²) in [6.45, 7) is 0. The van der Waals surface area contributed by atoms with Crippen LogP contribution in [0.15, 0.2) is 194 Å². The van der Waals surface area contributed by atoms with E-state index in [0.29, 0.717) is 0 Å². The number of hydrogen-bond acceptors (Lipinski definition) is 4. The van der Waals surface area contributed by atoms with Crippen molar-refractivity contribution in [3.8, 4) is 39.1 Å². The number of anilines is 4. The number of ether oxygens (including phenoxy) is 1. The molecule has 9 aromatic rings. The van der Waals surface area contributed by atoms with Gasteiger partial charge in [-0.15, -0.1) is 11.3 Å². The smallest absolute Gasteiger partial charge is 0.196 e. The minimum atomic E-state index is -0.186. The lowest BCUT2D eigenvalue weighted by atomic mass is 9.92. The standard InChI is InChI=1S/C49H34N2OS/c1-5-14-33(15-6-1)34-24-26-38(27-25-34)51(37-20-11-4-12-21-37)39-28-29-40(43(30-39)35-16-7-2-8-17-35)41-22-13-23-42-44-31-46-45(32-47(44)53-48(41)42)50-49(52-46)36-18-9-3-10-19-36/h1-32,49-50H. The molecule has 0 radical (unpaired) electrons. The SMILES string of the molecule is c1ccc(-c2ccc(N(c3ccccc3)c3ccc(-c4cccc5c4sc4cc6c(cc45)OC(c4ccccc4)N6)c(-c4ccccc4)c3)cc2)cc1. The number of thiophene rings is 1. The second-order valence-corrected chi connectivity index (χ2v) is 14.4. The maximum atomic E-state index is 6.44. The molecule has 1 aromatic heterocycles. The highest BCUT2D eigenvalue weighted by molar-refractivity contribution is 7.26. The van der Waals surface area contributed by atoms with E-state index in [1.807, 2.05) is 17.4 Å². The Morgan fingerprint density at radius 3 is 1.81 bits per heavy atom. The maximum absolute atomic E-state index is 6.44. The molecule has 0 fully saturated rings. The molecule has 1 unspecified atom stereocenters. The van der Waals surface area contributed by atoms with Crippen LogP contribution in [0.4, 0.5) is 22.7 Å². The van der Waals surface area contributed by atoms with Gasteiger partial charge in [-0.3, -0.25) is 0 Å². The molecule has 0 saturated carbocycles. The summed E-state index contributed by atoms with van der Waals surface area (Å²) in [7, 11) is 0. The molecule has 1 N–H and O–H groups in total. The lowest BCUT2D eigenvalue weighted by Crippen LogP contribution is -2.10. The summed E-state index contributed by atoms with van der Waals surface area (Å²) in [6.07, 6.45) is -0.186. The molecule has 1 atom stereocenters. The normalized spacial score (nSPS) is 13.4. The molecule has 0 bridgehead atoms. The van der Waals surface area contributed by atoms with Crippen molar-refractivity contribution >= 4 is 54.3 Å². The van der Waals surface area contributed by atoms with E-state index >= 15 is 0 Å². The molecule has 53 heavy (non-hydrogen) atoms. The van der Waals surface area contributed by atoms with Crippen LogP contribution >= 0.6 is 11.3 Å². The van der Waals surface area contributed by atoms with Crippen LogP contribution in [0.3, 0.4) is 0 Å². The number of para-hydroxylation sites is 1. The lowest BCUT2D eigenvalue weighted by Gasteiger charge is -2.27. The molecule has 8 aromatic carbocycles. The van der Waals surface area contributed by atoms with Gasteiger partial charge in [-0.05, 0) is 76.3 Å². The third-order valence-corrected chi connectivity index (χ3v) is 11.3. The molecular weight excluding hydrogens is 665 g/mol. The molecule has 2 heterocycles. The fourth-order valence-corrected chi connectivity index (χ4v) is 8.80. The minimum Gasteiger partial charge on any atom is -0.464 e. The predicted molar refractivity (Wildman–Crippen MR) is 224 cm³/mol. The lowest BCUT2D eigenvalue weighted by molar-refractivity contribution is 0.260. The van der Waals surface area contributed by atoms with E-state index in [9.17, 15) is 0 Å². The van der Waals surface area contributed by atoms with Crippen LogP contribution in [0, 0.1) is 0 Å². The summed E-state index contributed by atoms with van der Waals surface area (Å²) >= 11 is 1.85. The van der Waals surface area contributed by atoms with Gasteiger partial charge < -0.3 is 15.0 Å². The van der Waals surface area contributed by atoms with Crippen LogP contribution in [0.5, 0.6) is 5.75 Å². The van der Waals surface area contributed by atoms with Crippen molar-refractivity contribution in [3.05, 3.63) is 200 Å². The number of rotatable bonds is 7. The first-order valence-corrected chi connectivity index (χ1v) is 18.8. The fourth-order valence-electron chi connectivity index (χ4n) is 7.54. The van der Waals surface area contributed by atoms with E-state index in [4.69, 9.17) is 4.74 Å². The molecule has 0 aliphatic carbocycles. The number of nitrogens with one attached hydrogen (secondary N) is 1. The zero-order valence-electron chi connectivity index (χ0n) is 28.8. The Morgan fingerprint density at radius 2 is 1.08 bits per heavy atom. The van der Waals surface area contributed by atoms with Crippen molar-refractivity contribution in [1.29, 1.82) is 0 Å². The van der Waals surface area contributed by atoms with Crippen LogP contribution in [-0.4, -0.2) is 0 Å².